The lowest BCUT2D eigenvalue weighted by Crippen LogP contribution is -2.43. The molecule has 0 saturated carbocycles. The highest BCUT2D eigenvalue weighted by molar-refractivity contribution is 6.11. The third-order valence-corrected chi connectivity index (χ3v) is 5.02. The molecule has 0 aliphatic carbocycles. The van der Waals surface area contributed by atoms with Crippen LogP contribution in [0, 0.1) is 0 Å². The molecule has 146 valence electrons. The number of hydrogen-bond acceptors (Lipinski definition) is 4. The molecule has 1 unspecified atom stereocenters. The fourth-order valence-corrected chi connectivity index (χ4v) is 3.53. The summed E-state index contributed by atoms with van der Waals surface area (Å²) in [4.78, 5) is 27.0. The van der Waals surface area contributed by atoms with Crippen LogP contribution in [-0.2, 0) is 22.6 Å². The average molecular weight is 387 g/mol. The summed E-state index contributed by atoms with van der Waals surface area (Å²) >= 11 is 0. The van der Waals surface area contributed by atoms with Gasteiger partial charge in [-0.25, -0.2) is 4.79 Å². The van der Waals surface area contributed by atoms with Gasteiger partial charge in [-0.2, -0.15) is 0 Å². The van der Waals surface area contributed by atoms with E-state index in [1.165, 1.54) is 12.0 Å². The van der Waals surface area contributed by atoms with E-state index in [9.17, 15) is 9.59 Å². The largest absolute Gasteiger partial charge is 0.489 e. The number of hydrogen-bond donors (Lipinski definition) is 0. The van der Waals surface area contributed by atoms with Gasteiger partial charge in [0.2, 0.25) is 0 Å². The SMILES string of the molecule is COC(=O)C1Cc2ccccc2N1C(=O)c1ccc(COc2ccccc2)cc1. The highest BCUT2D eigenvalue weighted by Crippen LogP contribution is 2.33. The molecule has 0 aromatic heterocycles. The van der Waals surface area contributed by atoms with Gasteiger partial charge in [0, 0.05) is 17.7 Å². The zero-order chi connectivity index (χ0) is 20.2. The number of anilines is 1. The average Bonchev–Trinajstić information content (AvgIpc) is 3.17. The number of carbonyl (C=O) groups is 2. The van der Waals surface area contributed by atoms with Gasteiger partial charge in [-0.3, -0.25) is 9.69 Å². The van der Waals surface area contributed by atoms with E-state index in [0.717, 1.165) is 22.6 Å². The van der Waals surface area contributed by atoms with E-state index in [4.69, 9.17) is 9.47 Å². The van der Waals surface area contributed by atoms with Crippen LogP contribution in [0.5, 0.6) is 5.75 Å². The molecule has 0 spiro atoms. The van der Waals surface area contributed by atoms with Gasteiger partial charge in [0.05, 0.1) is 7.11 Å². The van der Waals surface area contributed by atoms with E-state index in [0.29, 0.717) is 18.6 Å². The van der Waals surface area contributed by atoms with Crippen molar-refractivity contribution in [3.05, 3.63) is 95.6 Å². The van der Waals surface area contributed by atoms with E-state index in [-0.39, 0.29) is 5.91 Å². The minimum atomic E-state index is -0.647. The molecular formula is C24H21NO4. The maximum absolute atomic E-state index is 13.2. The predicted molar refractivity (Wildman–Crippen MR) is 110 cm³/mol. The third kappa shape index (κ3) is 3.85. The normalized spacial score (nSPS) is 14.9. The number of para-hydroxylation sites is 2. The van der Waals surface area contributed by atoms with E-state index in [2.05, 4.69) is 0 Å². The van der Waals surface area contributed by atoms with Crippen molar-refractivity contribution in [1.29, 1.82) is 0 Å². The summed E-state index contributed by atoms with van der Waals surface area (Å²) in [5.41, 5.74) is 3.18. The first-order valence-corrected chi connectivity index (χ1v) is 9.43. The maximum atomic E-state index is 13.2. The van der Waals surface area contributed by atoms with Crippen molar-refractivity contribution in [3.8, 4) is 5.75 Å². The van der Waals surface area contributed by atoms with E-state index in [1.54, 1.807) is 12.1 Å². The summed E-state index contributed by atoms with van der Waals surface area (Å²) in [6, 6.07) is 23.7. The number of fused-ring (bicyclic) bond motifs is 1. The monoisotopic (exact) mass is 387 g/mol. The van der Waals surface area contributed by atoms with Gasteiger partial charge in [0.1, 0.15) is 18.4 Å². The van der Waals surface area contributed by atoms with Gasteiger partial charge in [-0.1, -0.05) is 48.5 Å². The molecule has 5 nitrogen and oxygen atoms in total. The standard InChI is InChI=1S/C24H21NO4/c1-28-24(27)22-15-19-7-5-6-10-21(19)25(22)23(26)18-13-11-17(12-14-18)16-29-20-8-3-2-4-9-20/h2-14,22H,15-16H2,1H3. The predicted octanol–water partition coefficient (Wildman–Crippen LogP) is 4.01. The molecule has 0 saturated heterocycles. The van der Waals surface area contributed by atoms with Crippen molar-refractivity contribution in [1.82, 2.24) is 0 Å². The Morgan fingerprint density at radius 2 is 1.62 bits per heavy atom. The van der Waals surface area contributed by atoms with Gasteiger partial charge in [-0.15, -0.1) is 0 Å². The number of amides is 1. The van der Waals surface area contributed by atoms with Crippen molar-refractivity contribution in [2.75, 3.05) is 12.0 Å². The first kappa shape index (κ1) is 18.7. The van der Waals surface area contributed by atoms with E-state index >= 15 is 0 Å². The van der Waals surface area contributed by atoms with Crippen molar-refractivity contribution in [2.45, 2.75) is 19.1 Å². The Balaban J connectivity index is 1.53. The van der Waals surface area contributed by atoms with Crippen molar-refractivity contribution in [2.24, 2.45) is 0 Å². The minimum absolute atomic E-state index is 0.221. The number of benzene rings is 3. The molecule has 0 N–H and O–H groups in total. The minimum Gasteiger partial charge on any atom is -0.489 e. The summed E-state index contributed by atoms with van der Waals surface area (Å²) in [7, 11) is 1.34. The molecule has 5 heteroatoms. The summed E-state index contributed by atoms with van der Waals surface area (Å²) in [6.45, 7) is 0.413. The second-order valence-corrected chi connectivity index (χ2v) is 6.85. The van der Waals surface area contributed by atoms with Crippen LogP contribution in [0.4, 0.5) is 5.69 Å². The van der Waals surface area contributed by atoms with Crippen molar-refractivity contribution in [3.63, 3.8) is 0 Å². The maximum Gasteiger partial charge on any atom is 0.329 e. The van der Waals surface area contributed by atoms with E-state index in [1.807, 2.05) is 66.7 Å². The topological polar surface area (TPSA) is 55.8 Å². The summed E-state index contributed by atoms with van der Waals surface area (Å²) < 4.78 is 10.7. The number of esters is 1. The van der Waals surface area contributed by atoms with Gasteiger partial charge in [-0.05, 0) is 41.5 Å². The molecule has 0 bridgehead atoms. The Bertz CT molecular complexity index is 1010. The first-order chi connectivity index (χ1) is 14.2. The molecule has 0 fully saturated rings. The van der Waals surface area contributed by atoms with Gasteiger partial charge < -0.3 is 9.47 Å². The van der Waals surface area contributed by atoms with Crippen LogP contribution < -0.4 is 9.64 Å². The van der Waals surface area contributed by atoms with Gasteiger partial charge >= 0.3 is 5.97 Å². The Morgan fingerprint density at radius 3 is 2.34 bits per heavy atom. The van der Waals surface area contributed by atoms with Crippen LogP contribution in [-0.4, -0.2) is 25.0 Å². The molecule has 1 heterocycles. The third-order valence-electron chi connectivity index (χ3n) is 5.02. The molecule has 29 heavy (non-hydrogen) atoms. The molecule has 3 aromatic rings. The molecule has 1 aliphatic heterocycles. The Kier molecular flexibility index (Phi) is 5.29. The highest BCUT2D eigenvalue weighted by Gasteiger charge is 2.39. The molecule has 3 aromatic carbocycles. The lowest BCUT2D eigenvalue weighted by atomic mass is 10.1. The fraction of sp³-hybridized carbons (Fsp3) is 0.167. The zero-order valence-corrected chi connectivity index (χ0v) is 16.1. The van der Waals surface area contributed by atoms with Gasteiger partial charge in [0.15, 0.2) is 0 Å². The molecule has 1 amide bonds. The molecular weight excluding hydrogens is 366 g/mol. The summed E-state index contributed by atoms with van der Waals surface area (Å²) in [5, 5.41) is 0. The number of rotatable bonds is 5. The lowest BCUT2D eigenvalue weighted by Gasteiger charge is -2.24. The molecule has 1 aliphatic rings. The zero-order valence-electron chi connectivity index (χ0n) is 16.1. The number of nitrogens with zero attached hydrogens (tertiary/aromatic N) is 1. The fourth-order valence-electron chi connectivity index (χ4n) is 3.53. The van der Waals surface area contributed by atoms with Crippen molar-refractivity contribution >= 4 is 17.6 Å². The highest BCUT2D eigenvalue weighted by atomic mass is 16.5. The Hall–Kier alpha value is -3.60. The van der Waals surface area contributed by atoms with Crippen LogP contribution in [0.3, 0.4) is 0 Å². The van der Waals surface area contributed by atoms with Crippen LogP contribution in [0.2, 0.25) is 0 Å². The number of carbonyl (C=O) groups excluding carboxylic acids is 2. The molecule has 0 radical (unpaired) electrons. The van der Waals surface area contributed by atoms with Crippen molar-refractivity contribution < 1.29 is 19.1 Å². The Labute approximate surface area is 169 Å². The van der Waals surface area contributed by atoms with E-state index < -0.39 is 12.0 Å². The molecule has 1 atom stereocenters. The summed E-state index contributed by atoms with van der Waals surface area (Å²) in [5.74, 6) is 0.158. The molecule has 4 rings (SSSR count). The Morgan fingerprint density at radius 1 is 0.931 bits per heavy atom. The quantitative estimate of drug-likeness (QED) is 0.621. The van der Waals surface area contributed by atoms with Crippen LogP contribution >= 0.6 is 0 Å². The smallest absolute Gasteiger partial charge is 0.329 e. The van der Waals surface area contributed by atoms with Gasteiger partial charge in [0.25, 0.3) is 5.91 Å². The van der Waals surface area contributed by atoms with Crippen LogP contribution in [0.1, 0.15) is 21.5 Å². The van der Waals surface area contributed by atoms with Crippen LogP contribution in [0.25, 0.3) is 0 Å². The summed E-state index contributed by atoms with van der Waals surface area (Å²) in [6.07, 6.45) is 0.456. The number of ether oxygens (including phenoxy) is 2. The second-order valence-electron chi connectivity index (χ2n) is 6.85. The lowest BCUT2D eigenvalue weighted by molar-refractivity contribution is -0.141. The second kappa shape index (κ2) is 8.19. The number of methoxy groups -OCH3 is 1. The first-order valence-electron chi connectivity index (χ1n) is 9.43. The van der Waals surface area contributed by atoms with Crippen LogP contribution in [0.15, 0.2) is 78.9 Å².